The second-order valence-electron chi connectivity index (χ2n) is 9.82. The zero-order valence-electron chi connectivity index (χ0n) is 18.3. The monoisotopic (exact) mass is 414 g/mol. The lowest BCUT2D eigenvalue weighted by Crippen LogP contribution is -2.14. The zero-order chi connectivity index (χ0) is 21.5. The molecule has 0 aliphatic heterocycles. The highest BCUT2D eigenvalue weighted by Gasteiger charge is 2.49. The van der Waals surface area contributed by atoms with Gasteiger partial charge in [-0.15, -0.1) is 0 Å². The molecule has 2 N–H and O–H groups in total. The minimum Gasteiger partial charge on any atom is -0.481 e. The molecule has 0 unspecified atom stereocenters. The van der Waals surface area contributed by atoms with Crippen LogP contribution in [0.25, 0.3) is 0 Å². The van der Waals surface area contributed by atoms with E-state index in [0.29, 0.717) is 0 Å². The van der Waals surface area contributed by atoms with E-state index in [1.165, 1.54) is 36.8 Å². The summed E-state index contributed by atoms with van der Waals surface area (Å²) in [6.07, 6.45) is 16.5. The number of benzene rings is 1. The number of aryl methyl sites for hydroxylation is 2. The normalized spacial score (nSPS) is 18.1. The summed E-state index contributed by atoms with van der Waals surface area (Å²) in [5.41, 5.74) is 2.11. The maximum absolute atomic E-state index is 11.2. The Morgan fingerprint density at radius 2 is 1.07 bits per heavy atom. The maximum Gasteiger partial charge on any atom is 0.309 e. The molecule has 0 bridgehead atoms. The number of hydrogen-bond acceptors (Lipinski definition) is 2. The average Bonchev–Trinajstić information content (AvgIpc) is 3.63. The van der Waals surface area contributed by atoms with Crippen molar-refractivity contribution in [3.8, 4) is 0 Å². The fraction of sp³-hybridized carbons (Fsp3) is 0.692. The standard InChI is InChI=1S/C26H38O4/c27-23(28)25(16-17-25)14-7-3-1-5-10-21-12-9-13-22(20-21)11-6-2-4-8-15-26(18-19-26)24(29)30/h9,12-13,20H,1-8,10-11,14-19H2,(H,27,28)(H,29,30). The number of aliphatic carboxylic acids is 2. The van der Waals surface area contributed by atoms with E-state index in [-0.39, 0.29) is 10.8 Å². The van der Waals surface area contributed by atoms with Crippen molar-refractivity contribution in [2.75, 3.05) is 0 Å². The fourth-order valence-electron chi connectivity index (χ4n) is 4.68. The third-order valence-electron chi connectivity index (χ3n) is 7.35. The molecule has 0 aromatic heterocycles. The summed E-state index contributed by atoms with van der Waals surface area (Å²) in [5.74, 6) is -1.18. The molecular weight excluding hydrogens is 376 g/mol. The molecule has 30 heavy (non-hydrogen) atoms. The second kappa shape index (κ2) is 10.5. The maximum atomic E-state index is 11.2. The van der Waals surface area contributed by atoms with Crippen LogP contribution in [0.4, 0.5) is 0 Å². The number of carboxylic acid groups (broad SMARTS) is 2. The predicted molar refractivity (Wildman–Crippen MR) is 119 cm³/mol. The minimum absolute atomic E-state index is 0.357. The van der Waals surface area contributed by atoms with Gasteiger partial charge in [-0.1, -0.05) is 62.8 Å². The first kappa shape index (κ1) is 22.8. The van der Waals surface area contributed by atoms with Crippen molar-refractivity contribution in [2.24, 2.45) is 10.8 Å². The summed E-state index contributed by atoms with van der Waals surface area (Å²) in [7, 11) is 0. The van der Waals surface area contributed by atoms with Crippen LogP contribution < -0.4 is 0 Å². The lowest BCUT2D eigenvalue weighted by atomic mass is 9.96. The molecule has 0 atom stereocenters. The summed E-state index contributed by atoms with van der Waals surface area (Å²) in [6, 6.07) is 8.94. The van der Waals surface area contributed by atoms with Crippen molar-refractivity contribution >= 4 is 11.9 Å². The van der Waals surface area contributed by atoms with Crippen LogP contribution in [0.1, 0.15) is 101 Å². The Hall–Kier alpha value is -1.84. The lowest BCUT2D eigenvalue weighted by molar-refractivity contribution is -0.144. The highest BCUT2D eigenvalue weighted by atomic mass is 16.4. The lowest BCUT2D eigenvalue weighted by Gasteiger charge is -2.09. The molecule has 1 aromatic rings. The average molecular weight is 415 g/mol. The van der Waals surface area contributed by atoms with E-state index < -0.39 is 11.9 Å². The van der Waals surface area contributed by atoms with Crippen molar-refractivity contribution in [2.45, 2.75) is 103 Å². The summed E-state index contributed by atoms with van der Waals surface area (Å²) in [4.78, 5) is 22.4. The Labute approximate surface area is 181 Å². The van der Waals surface area contributed by atoms with Crippen LogP contribution in [0.2, 0.25) is 0 Å². The molecule has 2 aliphatic carbocycles. The van der Waals surface area contributed by atoms with Crippen molar-refractivity contribution in [1.82, 2.24) is 0 Å². The zero-order valence-corrected chi connectivity index (χ0v) is 18.3. The van der Waals surface area contributed by atoms with Crippen molar-refractivity contribution < 1.29 is 19.8 Å². The third kappa shape index (κ3) is 6.58. The Balaban J connectivity index is 1.23. The molecule has 4 nitrogen and oxygen atoms in total. The van der Waals surface area contributed by atoms with E-state index in [2.05, 4.69) is 24.3 Å². The molecule has 4 heteroatoms. The summed E-state index contributed by atoms with van der Waals surface area (Å²) in [6.45, 7) is 0. The van der Waals surface area contributed by atoms with Crippen LogP contribution in [0.15, 0.2) is 24.3 Å². The van der Waals surface area contributed by atoms with Gasteiger partial charge >= 0.3 is 11.9 Å². The van der Waals surface area contributed by atoms with Gasteiger partial charge in [0.2, 0.25) is 0 Å². The van der Waals surface area contributed by atoms with Gasteiger partial charge in [0.1, 0.15) is 0 Å². The van der Waals surface area contributed by atoms with Crippen LogP contribution >= 0.6 is 0 Å². The van der Waals surface area contributed by atoms with Crippen molar-refractivity contribution in [3.05, 3.63) is 35.4 Å². The summed E-state index contributed by atoms with van der Waals surface area (Å²) >= 11 is 0. The van der Waals surface area contributed by atoms with Gasteiger partial charge in [0.05, 0.1) is 10.8 Å². The molecule has 3 rings (SSSR count). The van der Waals surface area contributed by atoms with E-state index in [1.54, 1.807) is 0 Å². The first-order valence-corrected chi connectivity index (χ1v) is 12.0. The minimum atomic E-state index is -0.591. The molecule has 0 heterocycles. The number of carbonyl (C=O) groups is 2. The molecule has 2 fully saturated rings. The SMILES string of the molecule is O=C(O)C1(CCCCCCc2cccc(CCCCCCC3(C(=O)O)CC3)c2)CC1. The van der Waals surface area contributed by atoms with Gasteiger partial charge in [0, 0.05) is 0 Å². The third-order valence-corrected chi connectivity index (χ3v) is 7.35. The van der Waals surface area contributed by atoms with Gasteiger partial charge in [0.25, 0.3) is 0 Å². The highest BCUT2D eigenvalue weighted by Crippen LogP contribution is 2.50. The van der Waals surface area contributed by atoms with Gasteiger partial charge in [-0.3, -0.25) is 9.59 Å². The van der Waals surface area contributed by atoms with Gasteiger partial charge in [-0.25, -0.2) is 0 Å². The van der Waals surface area contributed by atoms with Gasteiger partial charge in [-0.05, 0) is 75.3 Å². The largest absolute Gasteiger partial charge is 0.481 e. The topological polar surface area (TPSA) is 74.6 Å². The molecule has 0 saturated heterocycles. The Kier molecular flexibility index (Phi) is 7.96. The van der Waals surface area contributed by atoms with Crippen molar-refractivity contribution in [1.29, 1.82) is 0 Å². The van der Waals surface area contributed by atoms with Crippen LogP contribution in [-0.4, -0.2) is 22.2 Å². The second-order valence-corrected chi connectivity index (χ2v) is 9.82. The Bertz CT molecular complexity index is 658. The molecule has 2 saturated carbocycles. The van der Waals surface area contributed by atoms with Crippen molar-refractivity contribution in [3.63, 3.8) is 0 Å². The van der Waals surface area contributed by atoms with Crippen LogP contribution in [0, 0.1) is 10.8 Å². The first-order chi connectivity index (χ1) is 14.5. The quantitative estimate of drug-likeness (QED) is 0.307. The molecule has 166 valence electrons. The molecule has 1 aromatic carbocycles. The van der Waals surface area contributed by atoms with Gasteiger partial charge in [0.15, 0.2) is 0 Å². The van der Waals surface area contributed by atoms with E-state index in [0.717, 1.165) is 77.0 Å². The Morgan fingerprint density at radius 1 is 0.667 bits per heavy atom. The summed E-state index contributed by atoms with van der Waals surface area (Å²) < 4.78 is 0. The van der Waals surface area contributed by atoms with E-state index >= 15 is 0 Å². The van der Waals surface area contributed by atoms with E-state index in [4.69, 9.17) is 0 Å². The fourth-order valence-corrected chi connectivity index (χ4v) is 4.68. The molecule has 0 amide bonds. The molecular formula is C26H38O4. The number of rotatable bonds is 16. The number of unbranched alkanes of at least 4 members (excludes halogenated alkanes) is 6. The molecule has 0 radical (unpaired) electrons. The van der Waals surface area contributed by atoms with Gasteiger partial charge in [-0.2, -0.15) is 0 Å². The van der Waals surface area contributed by atoms with Gasteiger partial charge < -0.3 is 10.2 Å². The predicted octanol–water partition coefficient (Wildman–Crippen LogP) is 6.40. The number of hydrogen-bond donors (Lipinski definition) is 2. The molecule has 0 spiro atoms. The van der Waals surface area contributed by atoms with Crippen LogP contribution in [0.5, 0.6) is 0 Å². The van der Waals surface area contributed by atoms with Crippen LogP contribution in [-0.2, 0) is 22.4 Å². The first-order valence-electron chi connectivity index (χ1n) is 12.0. The molecule has 2 aliphatic rings. The smallest absolute Gasteiger partial charge is 0.309 e. The summed E-state index contributed by atoms with van der Waals surface area (Å²) in [5, 5.41) is 18.4. The highest BCUT2D eigenvalue weighted by molar-refractivity contribution is 5.78. The van der Waals surface area contributed by atoms with E-state index in [1.807, 2.05) is 0 Å². The number of carboxylic acids is 2. The van der Waals surface area contributed by atoms with E-state index in [9.17, 15) is 19.8 Å². The van der Waals surface area contributed by atoms with Crippen LogP contribution in [0.3, 0.4) is 0 Å². The Morgan fingerprint density at radius 3 is 1.43 bits per heavy atom.